The summed E-state index contributed by atoms with van der Waals surface area (Å²) in [5.74, 6) is -0.431. The van der Waals surface area contributed by atoms with Gasteiger partial charge in [0.1, 0.15) is 5.75 Å². The third-order valence-electron chi connectivity index (χ3n) is 3.01. The summed E-state index contributed by atoms with van der Waals surface area (Å²) < 4.78 is 55.3. The zero-order valence-corrected chi connectivity index (χ0v) is 24.2. The van der Waals surface area contributed by atoms with Gasteiger partial charge in [0.25, 0.3) is 5.78 Å². The molecule has 0 aliphatic heterocycles. The fourth-order valence-electron chi connectivity index (χ4n) is 1.74. The Morgan fingerprint density at radius 1 is 0.727 bits per heavy atom. The molecule has 0 spiro atoms. The van der Waals surface area contributed by atoms with Crippen molar-refractivity contribution in [3.8, 4) is 23.0 Å². The Morgan fingerprint density at radius 2 is 1.06 bits per heavy atom. The maximum atomic E-state index is 11.2. The summed E-state index contributed by atoms with van der Waals surface area (Å²) in [7, 11) is -0.450. The van der Waals surface area contributed by atoms with Crippen molar-refractivity contribution >= 4 is 73.7 Å². The van der Waals surface area contributed by atoms with E-state index in [1.807, 2.05) is 0 Å². The van der Waals surface area contributed by atoms with E-state index in [2.05, 4.69) is 9.47 Å². The van der Waals surface area contributed by atoms with E-state index in [0.29, 0.717) is 0 Å². The SMILES string of the molecule is COC1=CC(=O)C=C(OC)C1=O.COc1cc(O)cc(OC)c1O.O.O=S(=O)=S(=O)=O.[Na][Na]. The number of hydrogen-bond acceptors (Lipinski definition) is 12. The Labute approximate surface area is 220 Å². The number of carbonyl (C=O) groups is 2. The maximum absolute atomic E-state index is 11.2. The number of ether oxygens (including phenoxy) is 4. The number of methoxy groups -OCH3 is 4. The van der Waals surface area contributed by atoms with Crippen LogP contribution < -0.4 is 9.47 Å². The second kappa shape index (κ2) is 19.9. The fraction of sp³-hybridized carbons (Fsp3) is 0.250. The molecular weight excluding hydrogens is 510 g/mol. The van der Waals surface area contributed by atoms with Gasteiger partial charge in [-0.05, 0) is 0 Å². The molecule has 1 aromatic rings. The van der Waals surface area contributed by atoms with Crippen LogP contribution in [-0.4, -0.2) is 116 Å². The minimum atomic E-state index is -2.95. The first kappa shape index (κ1) is 36.0. The predicted octanol–water partition coefficient (Wildman–Crippen LogP) is -1.61. The molecule has 33 heavy (non-hydrogen) atoms. The number of phenolic OH excluding ortho intramolecular Hbond substituents is 2. The van der Waals surface area contributed by atoms with E-state index in [1.54, 1.807) is 0 Å². The number of ketones is 2. The molecule has 0 fully saturated rings. The molecule has 0 saturated carbocycles. The van der Waals surface area contributed by atoms with Crippen LogP contribution in [0.1, 0.15) is 0 Å². The van der Waals surface area contributed by atoms with Crippen LogP contribution in [0.4, 0.5) is 0 Å². The van der Waals surface area contributed by atoms with Crippen LogP contribution in [0.2, 0.25) is 0 Å². The minimum absolute atomic E-state index is 0. The molecule has 0 bridgehead atoms. The molecule has 0 saturated heterocycles. The summed E-state index contributed by atoms with van der Waals surface area (Å²) in [6, 6.07) is 2.61. The predicted molar refractivity (Wildman–Crippen MR) is 116 cm³/mol. The van der Waals surface area contributed by atoms with Crippen molar-refractivity contribution in [2.45, 2.75) is 0 Å². The molecule has 0 radical (unpaired) electrons. The first-order valence-electron chi connectivity index (χ1n) is 8.45. The van der Waals surface area contributed by atoms with Crippen molar-refractivity contribution in [3.63, 3.8) is 0 Å². The Bertz CT molecular complexity index is 1010. The molecule has 0 atom stereocenters. The van der Waals surface area contributed by atoms with E-state index in [0.717, 1.165) is 12.2 Å². The molecule has 1 aromatic carbocycles. The third kappa shape index (κ3) is 13.7. The van der Waals surface area contributed by atoms with E-state index in [9.17, 15) is 14.7 Å². The van der Waals surface area contributed by atoms with E-state index < -0.39 is 24.3 Å². The first-order valence-corrected chi connectivity index (χ1v) is 19.1. The quantitative estimate of drug-likeness (QED) is 0.256. The molecule has 13 nitrogen and oxygen atoms in total. The van der Waals surface area contributed by atoms with Crippen LogP contribution in [0.15, 0.2) is 35.8 Å². The number of Topliss-reactive ketones (excluding diaryl/α,β-unsaturated/α-hetero) is 1. The molecule has 1 aliphatic carbocycles. The van der Waals surface area contributed by atoms with Crippen molar-refractivity contribution in [2.24, 2.45) is 0 Å². The Kier molecular flexibility index (Phi) is 21.7. The van der Waals surface area contributed by atoms with Crippen LogP contribution in [0.5, 0.6) is 23.0 Å². The molecule has 176 valence electrons. The Balaban J connectivity index is -0.000000408. The van der Waals surface area contributed by atoms with Gasteiger partial charge in [0, 0.05) is 24.3 Å². The number of allylic oxidation sites excluding steroid dienone is 2. The molecule has 1 aliphatic rings. The molecular formula is C16H20Na2O13S2. The van der Waals surface area contributed by atoms with Gasteiger partial charge in [-0.2, -0.15) is 16.8 Å². The van der Waals surface area contributed by atoms with Crippen molar-refractivity contribution in [1.82, 2.24) is 0 Å². The van der Waals surface area contributed by atoms with Crippen molar-refractivity contribution in [2.75, 3.05) is 28.4 Å². The number of hydrogen-bond donors (Lipinski definition) is 2. The van der Waals surface area contributed by atoms with Crippen LogP contribution in [-0.2, 0) is 37.6 Å². The molecule has 0 heterocycles. The Hall–Kier alpha value is -1.56. The summed E-state index contributed by atoms with van der Waals surface area (Å²) in [4.78, 5) is 22.1. The van der Waals surface area contributed by atoms with Gasteiger partial charge in [-0.25, -0.2) is 0 Å². The zero-order valence-electron chi connectivity index (χ0n) is 18.6. The molecule has 2 rings (SSSR count). The van der Waals surface area contributed by atoms with Gasteiger partial charge in [-0.15, -0.1) is 0 Å². The van der Waals surface area contributed by atoms with Gasteiger partial charge >= 0.3 is 62.1 Å². The average molecular weight is 530 g/mol. The first-order chi connectivity index (χ1) is 15.0. The van der Waals surface area contributed by atoms with Crippen LogP contribution >= 0.6 is 0 Å². The number of phenols is 2. The topological polar surface area (TPSA) is 211 Å². The molecule has 17 heteroatoms. The van der Waals surface area contributed by atoms with Crippen molar-refractivity contribution < 1.29 is 61.1 Å². The van der Waals surface area contributed by atoms with Crippen LogP contribution in [0, 0.1) is 0 Å². The van der Waals surface area contributed by atoms with Gasteiger partial charge in [0.2, 0.25) is 5.75 Å². The van der Waals surface area contributed by atoms with Gasteiger partial charge in [-0.1, -0.05) is 0 Å². The van der Waals surface area contributed by atoms with Gasteiger partial charge in [0.15, 0.2) is 28.8 Å². The summed E-state index contributed by atoms with van der Waals surface area (Å²) >= 11 is 2.89. The van der Waals surface area contributed by atoms with Gasteiger partial charge < -0.3 is 34.6 Å². The second-order valence-corrected chi connectivity index (χ2v) is 7.21. The number of benzene rings is 1. The van der Waals surface area contributed by atoms with E-state index in [4.69, 9.17) is 31.4 Å². The number of aromatic hydroxyl groups is 2. The molecule has 4 N–H and O–H groups in total. The zero-order chi connectivity index (χ0) is 25.4. The summed E-state index contributed by atoms with van der Waals surface area (Å²) in [5.41, 5.74) is 0. The monoisotopic (exact) mass is 530 g/mol. The van der Waals surface area contributed by atoms with Gasteiger partial charge in [-0.3, -0.25) is 9.59 Å². The third-order valence-corrected chi connectivity index (χ3v) is 3.90. The van der Waals surface area contributed by atoms with Crippen LogP contribution in [0.3, 0.4) is 0 Å². The number of rotatable bonds is 4. The van der Waals surface area contributed by atoms with E-state index in [-0.39, 0.29) is 45.8 Å². The second-order valence-electron chi connectivity index (χ2n) is 4.76. The van der Waals surface area contributed by atoms with E-state index in [1.165, 1.54) is 84.2 Å². The fourth-order valence-corrected chi connectivity index (χ4v) is 1.74. The van der Waals surface area contributed by atoms with Crippen molar-refractivity contribution in [1.29, 1.82) is 0 Å². The normalized spacial score (nSPS) is 11.2. The molecule has 0 amide bonds. The summed E-state index contributed by atoms with van der Waals surface area (Å²) in [6.45, 7) is 0. The standard InChI is InChI=1S/C8H10O4.C8H8O4.2Na.O4S2.H2O/c2*1-11-6-3-5(9)4-7(12-2)8(6)10;;;1-5(2)6(3)4;/h3-4,9-10H,1-2H3;3-4H,1-2H3;;;;1H2. The molecule has 0 unspecified atom stereocenters. The van der Waals surface area contributed by atoms with Crippen molar-refractivity contribution in [3.05, 3.63) is 35.8 Å². The van der Waals surface area contributed by atoms with Gasteiger partial charge in [0.05, 0.1) is 28.4 Å². The summed E-state index contributed by atoms with van der Waals surface area (Å²) in [6.07, 6.45) is 2.26. The molecule has 0 aromatic heterocycles. The van der Waals surface area contributed by atoms with Crippen LogP contribution in [0.25, 0.3) is 0 Å². The average Bonchev–Trinajstić information content (AvgIpc) is 2.78. The van der Waals surface area contributed by atoms with E-state index >= 15 is 0 Å². The summed E-state index contributed by atoms with van der Waals surface area (Å²) in [5, 5.41) is 18.5. The Morgan fingerprint density at radius 3 is 1.30 bits per heavy atom. The number of carbonyl (C=O) groups excluding carboxylic acids is 2.